The van der Waals surface area contributed by atoms with Crippen molar-refractivity contribution in [1.82, 2.24) is 5.32 Å². The van der Waals surface area contributed by atoms with Gasteiger partial charge in [-0.2, -0.15) is 0 Å². The summed E-state index contributed by atoms with van der Waals surface area (Å²) in [4.78, 5) is 0. The van der Waals surface area contributed by atoms with Gasteiger partial charge >= 0.3 is 0 Å². The number of nitrogens with one attached hydrogen (secondary N) is 2. The fourth-order valence-electron chi connectivity index (χ4n) is 1.72. The quantitative estimate of drug-likeness (QED) is 0.732. The van der Waals surface area contributed by atoms with Crippen LogP contribution in [0.3, 0.4) is 0 Å². The number of rotatable bonds is 3. The second kappa shape index (κ2) is 4.39. The second-order valence-corrected chi connectivity index (χ2v) is 4.45. The summed E-state index contributed by atoms with van der Waals surface area (Å²) in [6, 6.07) is 7.49. The Morgan fingerprint density at radius 3 is 2.73 bits per heavy atom. The average molecular weight is 227 g/mol. The van der Waals surface area contributed by atoms with Crippen molar-refractivity contribution in [3.8, 4) is 0 Å². The lowest BCUT2D eigenvalue weighted by Gasteiger charge is -2.22. The molecule has 1 fully saturated rings. The number of anilines is 1. The van der Waals surface area contributed by atoms with Gasteiger partial charge < -0.3 is 15.7 Å². The average Bonchev–Trinajstić information content (AvgIpc) is 2.65. The number of β-amino-alcohol motifs (C(OH)–C–C–N with tert-alkyl or cyclic N) is 1. The van der Waals surface area contributed by atoms with Crippen LogP contribution < -0.4 is 10.6 Å². The van der Waals surface area contributed by atoms with E-state index in [2.05, 4.69) is 10.6 Å². The fraction of sp³-hybridized carbons (Fsp3) is 0.455. The zero-order chi connectivity index (χ0) is 10.7. The Bertz CT molecular complexity index is 320. The summed E-state index contributed by atoms with van der Waals surface area (Å²) in [5, 5.41) is 17.1. The molecular weight excluding hydrogens is 212 g/mol. The lowest BCUT2D eigenvalue weighted by atomic mass is 10.0. The van der Waals surface area contributed by atoms with Crippen molar-refractivity contribution in [2.75, 3.05) is 25.0 Å². The van der Waals surface area contributed by atoms with Crippen LogP contribution >= 0.6 is 11.6 Å². The van der Waals surface area contributed by atoms with Crippen LogP contribution in [0.2, 0.25) is 5.02 Å². The van der Waals surface area contributed by atoms with Gasteiger partial charge in [-0.15, -0.1) is 0 Å². The van der Waals surface area contributed by atoms with Crippen LogP contribution in [-0.4, -0.2) is 30.3 Å². The summed E-state index contributed by atoms with van der Waals surface area (Å²) in [6.07, 6.45) is 0.799. The van der Waals surface area contributed by atoms with E-state index in [1.165, 1.54) is 0 Å². The molecule has 4 heteroatoms. The van der Waals surface area contributed by atoms with Crippen molar-refractivity contribution in [2.24, 2.45) is 0 Å². The van der Waals surface area contributed by atoms with Crippen LogP contribution in [0.4, 0.5) is 5.69 Å². The van der Waals surface area contributed by atoms with Gasteiger partial charge in [0.15, 0.2) is 0 Å². The van der Waals surface area contributed by atoms with E-state index in [-0.39, 0.29) is 0 Å². The summed E-state index contributed by atoms with van der Waals surface area (Å²) in [7, 11) is 0. The third-order valence-corrected chi connectivity index (χ3v) is 2.94. The molecule has 0 bridgehead atoms. The summed E-state index contributed by atoms with van der Waals surface area (Å²) in [5.41, 5.74) is 0.374. The molecule has 1 heterocycles. The third kappa shape index (κ3) is 2.84. The van der Waals surface area contributed by atoms with E-state index in [1.54, 1.807) is 0 Å². The van der Waals surface area contributed by atoms with Gasteiger partial charge in [-0.1, -0.05) is 11.6 Å². The van der Waals surface area contributed by atoms with Gasteiger partial charge in [-0.05, 0) is 37.2 Å². The number of hydrogen-bond donors (Lipinski definition) is 3. The third-order valence-electron chi connectivity index (χ3n) is 2.69. The summed E-state index contributed by atoms with van der Waals surface area (Å²) < 4.78 is 0. The van der Waals surface area contributed by atoms with Gasteiger partial charge in [0.2, 0.25) is 0 Å². The summed E-state index contributed by atoms with van der Waals surface area (Å²) >= 11 is 5.78. The van der Waals surface area contributed by atoms with Crippen LogP contribution in [0.25, 0.3) is 0 Å². The Hall–Kier alpha value is -0.770. The predicted molar refractivity (Wildman–Crippen MR) is 62.4 cm³/mol. The molecule has 1 aliphatic heterocycles. The highest BCUT2D eigenvalue weighted by molar-refractivity contribution is 6.30. The topological polar surface area (TPSA) is 44.3 Å². The minimum atomic E-state index is -0.611. The Morgan fingerprint density at radius 2 is 2.13 bits per heavy atom. The molecule has 15 heavy (non-hydrogen) atoms. The molecule has 3 nitrogen and oxygen atoms in total. The van der Waals surface area contributed by atoms with Gasteiger partial charge in [-0.25, -0.2) is 0 Å². The van der Waals surface area contributed by atoms with Crippen LogP contribution in [0.1, 0.15) is 6.42 Å². The highest BCUT2D eigenvalue weighted by Gasteiger charge is 2.30. The van der Waals surface area contributed by atoms with Crippen molar-refractivity contribution in [3.05, 3.63) is 29.3 Å². The molecule has 1 aromatic rings. The minimum Gasteiger partial charge on any atom is -0.387 e. The molecule has 0 saturated carbocycles. The molecule has 0 radical (unpaired) electrons. The van der Waals surface area contributed by atoms with Crippen LogP contribution in [0.15, 0.2) is 24.3 Å². The molecule has 2 rings (SSSR count). The lowest BCUT2D eigenvalue weighted by Crippen LogP contribution is -2.38. The van der Waals surface area contributed by atoms with E-state index in [0.29, 0.717) is 13.1 Å². The van der Waals surface area contributed by atoms with Crippen LogP contribution in [0, 0.1) is 0 Å². The van der Waals surface area contributed by atoms with Crippen molar-refractivity contribution in [2.45, 2.75) is 12.0 Å². The molecular formula is C11H15ClN2O. The van der Waals surface area contributed by atoms with Crippen molar-refractivity contribution < 1.29 is 5.11 Å². The Kier molecular flexibility index (Phi) is 3.14. The van der Waals surface area contributed by atoms with Crippen molar-refractivity contribution >= 4 is 17.3 Å². The number of hydrogen-bond acceptors (Lipinski definition) is 3. The maximum absolute atomic E-state index is 10.1. The van der Waals surface area contributed by atoms with Gasteiger partial charge in [-0.3, -0.25) is 0 Å². The van der Waals surface area contributed by atoms with E-state index in [0.717, 1.165) is 23.7 Å². The van der Waals surface area contributed by atoms with Crippen LogP contribution in [0.5, 0.6) is 0 Å². The highest BCUT2D eigenvalue weighted by Crippen LogP contribution is 2.17. The zero-order valence-electron chi connectivity index (χ0n) is 8.46. The Balaban J connectivity index is 1.90. The minimum absolute atomic E-state index is 0.571. The smallest absolute Gasteiger partial charge is 0.0954 e. The summed E-state index contributed by atoms with van der Waals surface area (Å²) in [6.45, 7) is 2.12. The van der Waals surface area contributed by atoms with Gasteiger partial charge in [0.05, 0.1) is 5.60 Å². The lowest BCUT2D eigenvalue weighted by molar-refractivity contribution is 0.0752. The Labute approximate surface area is 94.4 Å². The van der Waals surface area contributed by atoms with E-state index >= 15 is 0 Å². The highest BCUT2D eigenvalue weighted by atomic mass is 35.5. The first-order valence-electron chi connectivity index (χ1n) is 5.11. The number of halogens is 1. The molecule has 3 N–H and O–H groups in total. The second-order valence-electron chi connectivity index (χ2n) is 4.01. The molecule has 0 spiro atoms. The van der Waals surface area contributed by atoms with E-state index in [9.17, 15) is 5.11 Å². The van der Waals surface area contributed by atoms with Crippen molar-refractivity contribution in [3.63, 3.8) is 0 Å². The fourth-order valence-corrected chi connectivity index (χ4v) is 1.84. The molecule has 82 valence electrons. The maximum atomic E-state index is 10.1. The van der Waals surface area contributed by atoms with Crippen molar-refractivity contribution in [1.29, 1.82) is 0 Å². The summed E-state index contributed by atoms with van der Waals surface area (Å²) in [5.74, 6) is 0. The molecule has 1 saturated heterocycles. The van der Waals surface area contributed by atoms with E-state index in [1.807, 2.05) is 24.3 Å². The Morgan fingerprint density at radius 1 is 1.40 bits per heavy atom. The van der Waals surface area contributed by atoms with Gasteiger partial charge in [0.25, 0.3) is 0 Å². The van der Waals surface area contributed by atoms with Crippen LogP contribution in [-0.2, 0) is 0 Å². The standard InChI is InChI=1S/C11H15ClN2O/c12-9-1-3-10(4-2-9)14-8-11(15)5-6-13-7-11/h1-4,13-15H,5-8H2. The number of aliphatic hydroxyl groups is 1. The predicted octanol–water partition coefficient (Wildman–Crippen LogP) is 1.48. The molecule has 0 aromatic heterocycles. The largest absolute Gasteiger partial charge is 0.387 e. The molecule has 1 aliphatic rings. The maximum Gasteiger partial charge on any atom is 0.0954 e. The molecule has 0 aliphatic carbocycles. The monoisotopic (exact) mass is 226 g/mol. The van der Waals surface area contributed by atoms with Gasteiger partial charge in [0, 0.05) is 23.8 Å². The van der Waals surface area contributed by atoms with Gasteiger partial charge in [0.1, 0.15) is 0 Å². The first-order valence-corrected chi connectivity index (χ1v) is 5.48. The molecule has 1 unspecified atom stereocenters. The molecule has 1 atom stereocenters. The normalized spacial score (nSPS) is 25.5. The molecule has 0 amide bonds. The number of benzene rings is 1. The first kappa shape index (κ1) is 10.7. The van der Waals surface area contributed by atoms with E-state index < -0.39 is 5.60 Å². The van der Waals surface area contributed by atoms with E-state index in [4.69, 9.17) is 11.6 Å². The SMILES string of the molecule is OC1(CNc2ccc(Cl)cc2)CCNC1. The zero-order valence-corrected chi connectivity index (χ0v) is 9.22. The molecule has 1 aromatic carbocycles. The first-order chi connectivity index (χ1) is 7.18.